The SMILES string of the molecule is CCc1cc(OCC=C(Br)Br)cc(Cl)c1OCCCCl. The summed E-state index contributed by atoms with van der Waals surface area (Å²) in [5.41, 5.74) is 1.03. The number of benzene rings is 1. The summed E-state index contributed by atoms with van der Waals surface area (Å²) in [7, 11) is 0. The van der Waals surface area contributed by atoms with Crippen LogP contribution < -0.4 is 9.47 Å². The van der Waals surface area contributed by atoms with Crippen LogP contribution in [0.25, 0.3) is 0 Å². The molecule has 0 saturated carbocycles. The van der Waals surface area contributed by atoms with Crippen molar-refractivity contribution in [3.05, 3.63) is 32.2 Å². The predicted octanol–water partition coefficient (Wildman–Crippen LogP) is 5.92. The Morgan fingerprint density at radius 2 is 2.05 bits per heavy atom. The average molecular weight is 447 g/mol. The third-order valence-corrected chi connectivity index (χ3v) is 3.68. The number of rotatable bonds is 8. The van der Waals surface area contributed by atoms with E-state index in [-0.39, 0.29) is 0 Å². The summed E-state index contributed by atoms with van der Waals surface area (Å²) in [6, 6.07) is 3.73. The fourth-order valence-corrected chi connectivity index (χ4v) is 2.22. The van der Waals surface area contributed by atoms with Gasteiger partial charge in [0.2, 0.25) is 0 Å². The molecule has 0 bridgehead atoms. The van der Waals surface area contributed by atoms with Crippen molar-refractivity contribution in [1.82, 2.24) is 0 Å². The molecule has 0 atom stereocenters. The van der Waals surface area contributed by atoms with E-state index >= 15 is 0 Å². The Kier molecular flexibility index (Phi) is 9.01. The van der Waals surface area contributed by atoms with Gasteiger partial charge in [0.25, 0.3) is 0 Å². The van der Waals surface area contributed by atoms with Gasteiger partial charge in [-0.15, -0.1) is 11.6 Å². The summed E-state index contributed by atoms with van der Waals surface area (Å²) in [5.74, 6) is 2.03. The maximum absolute atomic E-state index is 6.26. The van der Waals surface area contributed by atoms with Gasteiger partial charge in [-0.25, -0.2) is 0 Å². The Morgan fingerprint density at radius 3 is 2.65 bits per heavy atom. The second-order valence-corrected chi connectivity index (χ2v) is 7.50. The van der Waals surface area contributed by atoms with Crippen molar-refractivity contribution in [3.8, 4) is 11.5 Å². The van der Waals surface area contributed by atoms with E-state index in [0.29, 0.717) is 24.1 Å². The van der Waals surface area contributed by atoms with Crippen molar-refractivity contribution >= 4 is 55.1 Å². The van der Waals surface area contributed by atoms with Crippen molar-refractivity contribution in [2.45, 2.75) is 19.8 Å². The number of aryl methyl sites for hydroxylation is 1. The highest BCUT2D eigenvalue weighted by atomic mass is 79.9. The minimum Gasteiger partial charge on any atom is -0.492 e. The van der Waals surface area contributed by atoms with Crippen molar-refractivity contribution < 1.29 is 9.47 Å². The molecular weight excluding hydrogens is 431 g/mol. The zero-order chi connectivity index (χ0) is 15.0. The predicted molar refractivity (Wildman–Crippen MR) is 93.1 cm³/mol. The first kappa shape index (κ1) is 18.1. The topological polar surface area (TPSA) is 18.5 Å². The van der Waals surface area contributed by atoms with Crippen LogP contribution in [0.2, 0.25) is 5.02 Å². The number of alkyl halides is 1. The Labute approximate surface area is 146 Å². The van der Waals surface area contributed by atoms with E-state index in [4.69, 9.17) is 32.7 Å². The summed E-state index contributed by atoms with van der Waals surface area (Å²) in [5, 5.41) is 0.566. The highest BCUT2D eigenvalue weighted by Gasteiger charge is 2.10. The standard InChI is InChI=1S/C14H16Br2Cl2O2/c1-2-10-8-11(19-7-4-13(15)16)9-12(18)14(10)20-6-3-5-17/h4,8-9H,2-3,5-7H2,1H3. The lowest BCUT2D eigenvalue weighted by Crippen LogP contribution is -2.02. The summed E-state index contributed by atoms with van der Waals surface area (Å²) >= 11 is 18.5. The molecule has 1 rings (SSSR count). The van der Waals surface area contributed by atoms with E-state index in [1.165, 1.54) is 0 Å². The number of ether oxygens (including phenoxy) is 2. The fraction of sp³-hybridized carbons (Fsp3) is 0.429. The molecule has 0 unspecified atom stereocenters. The number of hydrogen-bond donors (Lipinski definition) is 0. The zero-order valence-corrected chi connectivity index (χ0v) is 15.8. The van der Waals surface area contributed by atoms with Crippen LogP contribution in [0.15, 0.2) is 21.6 Å². The van der Waals surface area contributed by atoms with E-state index in [9.17, 15) is 0 Å². The van der Waals surface area contributed by atoms with Crippen molar-refractivity contribution in [1.29, 1.82) is 0 Å². The van der Waals surface area contributed by atoms with Gasteiger partial charge in [-0.3, -0.25) is 0 Å². The molecule has 0 amide bonds. The molecule has 0 aromatic heterocycles. The number of hydrogen-bond acceptors (Lipinski definition) is 2. The lowest BCUT2D eigenvalue weighted by Gasteiger charge is -2.14. The first-order valence-electron chi connectivity index (χ1n) is 6.23. The molecule has 6 heteroatoms. The van der Waals surface area contributed by atoms with Crippen molar-refractivity contribution in [3.63, 3.8) is 0 Å². The number of halogens is 4. The van der Waals surface area contributed by atoms with Gasteiger partial charge in [-0.2, -0.15) is 0 Å². The normalized spacial score (nSPS) is 10.2. The quantitative estimate of drug-likeness (QED) is 0.364. The van der Waals surface area contributed by atoms with Crippen LogP contribution in [0.1, 0.15) is 18.9 Å². The largest absolute Gasteiger partial charge is 0.492 e. The van der Waals surface area contributed by atoms with E-state index in [1.54, 1.807) is 6.07 Å². The molecule has 0 radical (unpaired) electrons. The molecular formula is C14H16Br2Cl2O2. The van der Waals surface area contributed by atoms with Crippen LogP contribution in [0, 0.1) is 0 Å². The van der Waals surface area contributed by atoms with Gasteiger partial charge in [0.1, 0.15) is 18.1 Å². The first-order valence-corrected chi connectivity index (χ1v) is 8.73. The maximum Gasteiger partial charge on any atom is 0.141 e. The second kappa shape index (κ2) is 9.93. The van der Waals surface area contributed by atoms with Gasteiger partial charge in [0, 0.05) is 11.9 Å². The summed E-state index contributed by atoms with van der Waals surface area (Å²) in [6.07, 6.45) is 3.48. The molecule has 0 aliphatic carbocycles. The van der Waals surface area contributed by atoms with Crippen molar-refractivity contribution in [2.24, 2.45) is 0 Å². The zero-order valence-electron chi connectivity index (χ0n) is 11.1. The van der Waals surface area contributed by atoms with E-state index < -0.39 is 0 Å². The molecule has 0 spiro atoms. The molecule has 0 N–H and O–H groups in total. The van der Waals surface area contributed by atoms with Gasteiger partial charge in [-0.1, -0.05) is 18.5 Å². The highest BCUT2D eigenvalue weighted by molar-refractivity contribution is 9.28. The average Bonchev–Trinajstić information content (AvgIpc) is 2.40. The molecule has 20 heavy (non-hydrogen) atoms. The maximum atomic E-state index is 6.26. The lowest BCUT2D eigenvalue weighted by atomic mass is 10.1. The summed E-state index contributed by atoms with van der Waals surface area (Å²) in [4.78, 5) is 0. The molecule has 1 aromatic rings. The Balaban J connectivity index is 2.81. The van der Waals surface area contributed by atoms with Gasteiger partial charge in [0.05, 0.1) is 15.0 Å². The summed E-state index contributed by atoms with van der Waals surface area (Å²) < 4.78 is 12.2. The van der Waals surface area contributed by atoms with E-state index in [2.05, 4.69) is 38.8 Å². The Morgan fingerprint density at radius 1 is 1.30 bits per heavy atom. The van der Waals surface area contributed by atoms with Gasteiger partial charge in [0.15, 0.2) is 0 Å². The van der Waals surface area contributed by atoms with Crippen LogP contribution in [0.3, 0.4) is 0 Å². The molecule has 112 valence electrons. The van der Waals surface area contributed by atoms with Crippen LogP contribution in [0.5, 0.6) is 11.5 Å². The fourth-order valence-electron chi connectivity index (χ4n) is 1.56. The molecule has 0 heterocycles. The Hall–Kier alpha value is 0.1000. The molecule has 0 aliphatic heterocycles. The minimum absolute atomic E-state index is 0.456. The Bertz CT molecular complexity index is 461. The lowest BCUT2D eigenvalue weighted by molar-refractivity contribution is 0.313. The van der Waals surface area contributed by atoms with E-state index in [0.717, 1.165) is 33.3 Å². The third kappa shape index (κ3) is 6.25. The van der Waals surface area contributed by atoms with Crippen LogP contribution in [-0.2, 0) is 6.42 Å². The van der Waals surface area contributed by atoms with Crippen LogP contribution >= 0.6 is 55.1 Å². The summed E-state index contributed by atoms with van der Waals surface area (Å²) in [6.45, 7) is 3.08. The molecule has 0 fully saturated rings. The van der Waals surface area contributed by atoms with E-state index in [1.807, 2.05) is 12.1 Å². The van der Waals surface area contributed by atoms with Gasteiger partial charge >= 0.3 is 0 Å². The molecule has 1 aromatic carbocycles. The van der Waals surface area contributed by atoms with Gasteiger partial charge < -0.3 is 9.47 Å². The molecule has 0 saturated heterocycles. The van der Waals surface area contributed by atoms with Crippen LogP contribution in [0.4, 0.5) is 0 Å². The minimum atomic E-state index is 0.456. The smallest absolute Gasteiger partial charge is 0.141 e. The highest BCUT2D eigenvalue weighted by Crippen LogP contribution is 2.34. The van der Waals surface area contributed by atoms with Crippen LogP contribution in [-0.4, -0.2) is 19.1 Å². The van der Waals surface area contributed by atoms with Gasteiger partial charge in [-0.05, 0) is 62.4 Å². The van der Waals surface area contributed by atoms with Crippen molar-refractivity contribution in [2.75, 3.05) is 19.1 Å². The third-order valence-electron chi connectivity index (χ3n) is 2.49. The molecule has 2 nitrogen and oxygen atoms in total. The molecule has 0 aliphatic rings. The monoisotopic (exact) mass is 444 g/mol. The first-order chi connectivity index (χ1) is 9.58. The second-order valence-electron chi connectivity index (χ2n) is 3.94.